The molecule has 42 heavy (non-hydrogen) atoms. The summed E-state index contributed by atoms with van der Waals surface area (Å²) < 4.78 is 43.5. The van der Waals surface area contributed by atoms with E-state index in [2.05, 4.69) is 43.6 Å². The third kappa shape index (κ3) is 7.93. The van der Waals surface area contributed by atoms with Crippen LogP contribution < -0.4 is 9.47 Å². The zero-order valence-electron chi connectivity index (χ0n) is 25.6. The maximum absolute atomic E-state index is 15.0. The van der Waals surface area contributed by atoms with Crippen LogP contribution in [0.2, 0.25) is 0 Å². The molecule has 0 spiro atoms. The van der Waals surface area contributed by atoms with Crippen molar-refractivity contribution in [3.05, 3.63) is 77.2 Å². The molecule has 1 heterocycles. The van der Waals surface area contributed by atoms with Crippen LogP contribution in [0.3, 0.4) is 0 Å². The summed E-state index contributed by atoms with van der Waals surface area (Å²) >= 11 is 0. The molecule has 0 radical (unpaired) electrons. The number of hydrogen-bond donors (Lipinski definition) is 1. The lowest BCUT2D eigenvalue weighted by molar-refractivity contribution is 0.0650. The van der Waals surface area contributed by atoms with E-state index in [-0.39, 0.29) is 5.92 Å². The minimum absolute atomic E-state index is 0.0247. The van der Waals surface area contributed by atoms with Gasteiger partial charge in [0.25, 0.3) is 0 Å². The van der Waals surface area contributed by atoms with E-state index in [4.69, 9.17) is 14.0 Å². The molecule has 1 N–H and O–H groups in total. The lowest BCUT2D eigenvalue weighted by Crippen LogP contribution is -2.36. The number of benzene rings is 2. The van der Waals surface area contributed by atoms with Gasteiger partial charge in [-0.15, -0.1) is 9.42 Å². The van der Waals surface area contributed by atoms with Gasteiger partial charge in [-0.1, -0.05) is 30.3 Å². The van der Waals surface area contributed by atoms with Gasteiger partial charge in [0, 0.05) is 40.7 Å². The van der Waals surface area contributed by atoms with Crippen molar-refractivity contribution in [2.75, 3.05) is 7.11 Å². The fourth-order valence-electron chi connectivity index (χ4n) is 5.92. The van der Waals surface area contributed by atoms with E-state index < -0.39 is 19.7 Å². The van der Waals surface area contributed by atoms with Crippen LogP contribution in [0, 0.1) is 11.7 Å². The summed E-state index contributed by atoms with van der Waals surface area (Å²) in [5.74, 6) is 1.05. The maximum Gasteiger partial charge on any atom is 0.695 e. The first-order chi connectivity index (χ1) is 19.9. The van der Waals surface area contributed by atoms with Gasteiger partial charge < -0.3 is 9.47 Å². The van der Waals surface area contributed by atoms with Gasteiger partial charge in [0.15, 0.2) is 0 Å². The van der Waals surface area contributed by atoms with Crippen LogP contribution in [0.1, 0.15) is 77.0 Å². The van der Waals surface area contributed by atoms with Crippen molar-refractivity contribution in [3.8, 4) is 22.8 Å². The summed E-state index contributed by atoms with van der Waals surface area (Å²) in [7, 11) is -1.19. The molecule has 2 unspecified atom stereocenters. The Morgan fingerprint density at radius 2 is 1.79 bits per heavy atom. The molecule has 1 aromatic heterocycles. The first-order valence-corrected chi connectivity index (χ1v) is 15.7. The number of hydrogen-bond acceptors (Lipinski definition) is 6. The minimum Gasteiger partial charge on any atom is -0.489 e. The van der Waals surface area contributed by atoms with Crippen LogP contribution in [0.15, 0.2) is 54.7 Å². The number of methoxy groups -OCH3 is 1. The quantitative estimate of drug-likeness (QED) is 0.188. The molecule has 2 aromatic carbocycles. The highest BCUT2D eigenvalue weighted by Crippen LogP contribution is 2.51. The number of rotatable bonds is 14. The summed E-state index contributed by atoms with van der Waals surface area (Å²) in [4.78, 5) is 15.8. The van der Waals surface area contributed by atoms with Crippen molar-refractivity contribution < 1.29 is 27.8 Å². The number of ether oxygens (including phenoxy) is 2. The molecule has 1 saturated carbocycles. The first kappa shape index (κ1) is 32.0. The molecule has 4 rings (SSSR count). The Bertz CT molecular complexity index is 1380. The van der Waals surface area contributed by atoms with E-state index in [0.29, 0.717) is 48.3 Å². The number of aromatic nitrogens is 1. The van der Waals surface area contributed by atoms with Crippen molar-refractivity contribution in [2.24, 2.45) is 5.92 Å². The summed E-state index contributed by atoms with van der Waals surface area (Å²) in [6.07, 6.45) is 3.33. The molecule has 7 nitrogen and oxygen atoms in total. The van der Waals surface area contributed by atoms with E-state index in [1.807, 2.05) is 50.2 Å². The fraction of sp³-hybridized carbons (Fsp3) is 0.485. The van der Waals surface area contributed by atoms with Crippen LogP contribution >= 0.6 is 8.25 Å². The van der Waals surface area contributed by atoms with Gasteiger partial charge in [0.05, 0.1) is 13.3 Å². The zero-order valence-corrected chi connectivity index (χ0v) is 26.5. The van der Waals surface area contributed by atoms with Crippen LogP contribution in [0.5, 0.6) is 11.6 Å². The molecule has 0 aliphatic heterocycles. The van der Waals surface area contributed by atoms with Crippen LogP contribution in [-0.4, -0.2) is 39.6 Å². The smallest absolute Gasteiger partial charge is 0.489 e. The van der Waals surface area contributed by atoms with Gasteiger partial charge in [-0.05, 0) is 94.7 Å². The predicted molar refractivity (Wildman–Crippen MR) is 163 cm³/mol. The summed E-state index contributed by atoms with van der Waals surface area (Å²) in [6.45, 7) is 13.4. The topological polar surface area (TPSA) is 81.1 Å². The third-order valence-electron chi connectivity index (χ3n) is 7.96. The lowest BCUT2D eigenvalue weighted by Gasteiger charge is -2.31. The average Bonchev–Trinajstić information content (AvgIpc) is 3.75. The van der Waals surface area contributed by atoms with Gasteiger partial charge in [0.1, 0.15) is 23.8 Å². The van der Waals surface area contributed by atoms with E-state index in [1.165, 1.54) is 13.3 Å². The van der Waals surface area contributed by atoms with Gasteiger partial charge >= 0.3 is 8.25 Å². The Kier molecular flexibility index (Phi) is 10.4. The molecule has 0 bridgehead atoms. The Balaban J connectivity index is 1.62. The average molecular weight is 598 g/mol. The predicted octanol–water partition coefficient (Wildman–Crippen LogP) is 8.03. The molecule has 1 aliphatic rings. The molecule has 0 amide bonds. The van der Waals surface area contributed by atoms with E-state index in [0.717, 1.165) is 35.1 Å². The van der Waals surface area contributed by atoms with Crippen molar-refractivity contribution in [1.29, 1.82) is 0 Å². The molecular weight excluding hydrogens is 554 g/mol. The second kappa shape index (κ2) is 13.6. The van der Waals surface area contributed by atoms with Gasteiger partial charge in [-0.3, -0.25) is 4.90 Å². The second-order valence-electron chi connectivity index (χ2n) is 12.2. The van der Waals surface area contributed by atoms with Gasteiger partial charge in [-0.25, -0.2) is 9.37 Å². The molecule has 226 valence electrons. The molecule has 1 aliphatic carbocycles. The van der Waals surface area contributed by atoms with Crippen molar-refractivity contribution in [1.82, 2.24) is 9.88 Å². The normalized spacial score (nSPS) is 14.9. The summed E-state index contributed by atoms with van der Waals surface area (Å²) in [5, 5.41) is 0. The SMILES string of the molecule is COc1cc(-c2ccc(COc3cccc(C(C4CC4)C(C)(C)O[P+](=O)O)c3)cc2CN(C(C)C)C(C)C)c(F)cn1. The standard InChI is InChI=1S/C33H42FN2O5P/c1-21(2)36(22(3)4)19-26-15-23(11-14-28(26)29-17-31(39-7)35-18-30(29)34)20-40-27-10-8-9-25(16-27)32(24-12-13-24)33(5,6)41-42(37)38/h8-11,14-18,21-22,24,32H,12-13,19-20H2,1-7H3/p+1. The molecule has 9 heteroatoms. The Labute approximate surface area is 250 Å². The molecular formula is C33H43FN2O5P+. The van der Waals surface area contributed by atoms with Crippen LogP contribution in [0.25, 0.3) is 11.1 Å². The zero-order chi connectivity index (χ0) is 30.6. The van der Waals surface area contributed by atoms with E-state index in [1.54, 1.807) is 6.07 Å². The van der Waals surface area contributed by atoms with Crippen LogP contribution in [0.4, 0.5) is 4.39 Å². The van der Waals surface area contributed by atoms with Crippen molar-refractivity contribution in [3.63, 3.8) is 0 Å². The fourth-order valence-corrected chi connectivity index (χ4v) is 6.44. The first-order valence-electron chi connectivity index (χ1n) is 14.5. The highest BCUT2D eigenvalue weighted by Gasteiger charge is 2.47. The molecule has 2 atom stereocenters. The number of pyridine rings is 1. The van der Waals surface area contributed by atoms with Crippen molar-refractivity contribution >= 4 is 8.25 Å². The monoisotopic (exact) mass is 597 g/mol. The molecule has 3 aromatic rings. The molecule has 0 saturated heterocycles. The van der Waals surface area contributed by atoms with E-state index in [9.17, 15) is 9.46 Å². The number of halogens is 1. The largest absolute Gasteiger partial charge is 0.695 e. The lowest BCUT2D eigenvalue weighted by atomic mass is 9.81. The highest BCUT2D eigenvalue weighted by molar-refractivity contribution is 7.32. The summed E-state index contributed by atoms with van der Waals surface area (Å²) in [6, 6.07) is 16.1. The Morgan fingerprint density at radius 3 is 2.40 bits per heavy atom. The highest BCUT2D eigenvalue weighted by atomic mass is 31.1. The van der Waals surface area contributed by atoms with Gasteiger partial charge in [0.2, 0.25) is 5.88 Å². The van der Waals surface area contributed by atoms with Crippen LogP contribution in [-0.2, 0) is 22.2 Å². The third-order valence-corrected chi connectivity index (χ3v) is 8.58. The molecule has 1 fully saturated rings. The van der Waals surface area contributed by atoms with Crippen molar-refractivity contribution in [2.45, 2.75) is 91.1 Å². The Morgan fingerprint density at radius 1 is 1.07 bits per heavy atom. The second-order valence-corrected chi connectivity index (χ2v) is 12.8. The summed E-state index contributed by atoms with van der Waals surface area (Å²) in [5.41, 5.74) is 3.43. The minimum atomic E-state index is -2.71. The number of nitrogens with zero attached hydrogens (tertiary/aromatic N) is 2. The van der Waals surface area contributed by atoms with E-state index >= 15 is 4.39 Å². The van der Waals surface area contributed by atoms with Gasteiger partial charge in [-0.2, -0.15) is 0 Å². The maximum atomic E-state index is 15.0. The Hall–Kier alpha value is -2.90.